The molecule has 0 spiro atoms. The normalized spacial score (nSPS) is 17.8. The Bertz CT molecular complexity index is 276. The maximum Gasteiger partial charge on any atom is 0.0534 e. The molecule has 0 bridgehead atoms. The molecule has 1 aromatic heterocycles. The average molecular weight is 180 g/mol. The SMILES string of the molecule is CC(C)c1ccnn1CC1COC1. The van der Waals surface area contributed by atoms with Gasteiger partial charge in [0.1, 0.15) is 0 Å². The van der Waals surface area contributed by atoms with Crippen molar-refractivity contribution in [2.24, 2.45) is 5.92 Å². The van der Waals surface area contributed by atoms with Crippen LogP contribution in [0, 0.1) is 5.92 Å². The highest BCUT2D eigenvalue weighted by Crippen LogP contribution is 2.17. The van der Waals surface area contributed by atoms with Crippen molar-refractivity contribution in [2.45, 2.75) is 26.3 Å². The second-order valence-corrected chi connectivity index (χ2v) is 4.00. The first-order valence-electron chi connectivity index (χ1n) is 4.87. The molecule has 0 atom stereocenters. The van der Waals surface area contributed by atoms with E-state index in [1.807, 2.05) is 6.20 Å². The molecule has 1 aromatic rings. The molecule has 2 rings (SSSR count). The van der Waals surface area contributed by atoms with E-state index in [9.17, 15) is 0 Å². The molecule has 1 fully saturated rings. The van der Waals surface area contributed by atoms with E-state index < -0.39 is 0 Å². The van der Waals surface area contributed by atoms with Crippen LogP contribution >= 0.6 is 0 Å². The first kappa shape index (κ1) is 8.75. The fourth-order valence-electron chi connectivity index (χ4n) is 1.62. The number of hydrogen-bond acceptors (Lipinski definition) is 2. The predicted octanol–water partition coefficient (Wildman–Crippen LogP) is 1.65. The smallest absolute Gasteiger partial charge is 0.0534 e. The maximum absolute atomic E-state index is 5.14. The minimum atomic E-state index is 0.559. The highest BCUT2D eigenvalue weighted by Gasteiger charge is 2.20. The third-order valence-corrected chi connectivity index (χ3v) is 2.48. The molecule has 0 radical (unpaired) electrons. The van der Waals surface area contributed by atoms with Crippen molar-refractivity contribution in [2.75, 3.05) is 13.2 Å². The number of rotatable bonds is 3. The van der Waals surface area contributed by atoms with Crippen molar-refractivity contribution >= 4 is 0 Å². The lowest BCUT2D eigenvalue weighted by atomic mass is 10.1. The van der Waals surface area contributed by atoms with Gasteiger partial charge in [0.05, 0.1) is 13.2 Å². The molecule has 0 amide bonds. The summed E-state index contributed by atoms with van der Waals surface area (Å²) in [5, 5.41) is 4.32. The van der Waals surface area contributed by atoms with Gasteiger partial charge < -0.3 is 4.74 Å². The minimum Gasteiger partial charge on any atom is -0.381 e. The van der Waals surface area contributed by atoms with Gasteiger partial charge >= 0.3 is 0 Å². The molecule has 1 aliphatic heterocycles. The second-order valence-electron chi connectivity index (χ2n) is 4.00. The molecular formula is C10H16N2O. The van der Waals surface area contributed by atoms with E-state index in [1.54, 1.807) is 0 Å². The third kappa shape index (κ3) is 1.75. The van der Waals surface area contributed by atoms with Crippen molar-refractivity contribution in [3.63, 3.8) is 0 Å². The van der Waals surface area contributed by atoms with Gasteiger partial charge in [0.15, 0.2) is 0 Å². The van der Waals surface area contributed by atoms with E-state index >= 15 is 0 Å². The van der Waals surface area contributed by atoms with Gasteiger partial charge in [-0.15, -0.1) is 0 Å². The van der Waals surface area contributed by atoms with Crippen LogP contribution in [0.5, 0.6) is 0 Å². The quantitative estimate of drug-likeness (QED) is 0.707. The monoisotopic (exact) mass is 180 g/mol. The lowest BCUT2D eigenvalue weighted by Gasteiger charge is -2.26. The molecule has 0 saturated carbocycles. The van der Waals surface area contributed by atoms with Gasteiger partial charge in [-0.25, -0.2) is 0 Å². The van der Waals surface area contributed by atoms with Crippen molar-refractivity contribution in [1.29, 1.82) is 0 Å². The van der Waals surface area contributed by atoms with E-state index in [0.717, 1.165) is 19.8 Å². The Balaban J connectivity index is 2.05. The lowest BCUT2D eigenvalue weighted by Crippen LogP contribution is -2.32. The van der Waals surface area contributed by atoms with Crippen molar-refractivity contribution in [1.82, 2.24) is 9.78 Å². The van der Waals surface area contributed by atoms with Crippen LogP contribution in [-0.2, 0) is 11.3 Å². The largest absolute Gasteiger partial charge is 0.381 e. The molecule has 1 aliphatic rings. The van der Waals surface area contributed by atoms with Crippen molar-refractivity contribution < 1.29 is 4.74 Å². The van der Waals surface area contributed by atoms with Gasteiger partial charge in [-0.3, -0.25) is 4.68 Å². The zero-order valence-corrected chi connectivity index (χ0v) is 8.23. The summed E-state index contributed by atoms with van der Waals surface area (Å²) in [4.78, 5) is 0. The summed E-state index contributed by atoms with van der Waals surface area (Å²) in [6, 6.07) is 2.10. The van der Waals surface area contributed by atoms with E-state index in [0.29, 0.717) is 11.8 Å². The summed E-state index contributed by atoms with van der Waals surface area (Å²) in [5.41, 5.74) is 1.33. The summed E-state index contributed by atoms with van der Waals surface area (Å²) in [5.74, 6) is 1.24. The van der Waals surface area contributed by atoms with Crippen LogP contribution in [0.3, 0.4) is 0 Å². The molecule has 1 saturated heterocycles. The molecule has 0 aliphatic carbocycles. The Morgan fingerprint density at radius 2 is 2.38 bits per heavy atom. The summed E-state index contributed by atoms with van der Waals surface area (Å²) < 4.78 is 7.25. The zero-order valence-electron chi connectivity index (χ0n) is 8.23. The Labute approximate surface area is 78.7 Å². The molecule has 0 N–H and O–H groups in total. The summed E-state index contributed by atoms with van der Waals surface area (Å²) >= 11 is 0. The molecule has 0 unspecified atom stereocenters. The Hall–Kier alpha value is -0.830. The average Bonchev–Trinajstić information content (AvgIpc) is 2.44. The molecule has 3 heteroatoms. The van der Waals surface area contributed by atoms with Crippen molar-refractivity contribution in [3.8, 4) is 0 Å². The molecule has 72 valence electrons. The van der Waals surface area contributed by atoms with E-state index in [-0.39, 0.29) is 0 Å². The van der Waals surface area contributed by atoms with Gasteiger partial charge in [-0.05, 0) is 12.0 Å². The molecule has 3 nitrogen and oxygen atoms in total. The Morgan fingerprint density at radius 1 is 1.62 bits per heavy atom. The predicted molar refractivity (Wildman–Crippen MR) is 50.6 cm³/mol. The van der Waals surface area contributed by atoms with Gasteiger partial charge in [-0.2, -0.15) is 5.10 Å². The lowest BCUT2D eigenvalue weighted by molar-refractivity contribution is -0.0412. The van der Waals surface area contributed by atoms with Crippen LogP contribution in [0.1, 0.15) is 25.5 Å². The first-order valence-corrected chi connectivity index (χ1v) is 4.87. The summed E-state index contributed by atoms with van der Waals surface area (Å²) in [6.07, 6.45) is 1.88. The number of aromatic nitrogens is 2. The second kappa shape index (κ2) is 3.50. The van der Waals surface area contributed by atoms with Crippen LogP contribution in [0.4, 0.5) is 0 Å². The molecule has 0 aromatic carbocycles. The van der Waals surface area contributed by atoms with Gasteiger partial charge in [0, 0.05) is 24.4 Å². The van der Waals surface area contributed by atoms with Gasteiger partial charge in [0.2, 0.25) is 0 Å². The number of ether oxygens (including phenoxy) is 1. The Kier molecular flexibility index (Phi) is 2.36. The third-order valence-electron chi connectivity index (χ3n) is 2.48. The van der Waals surface area contributed by atoms with Gasteiger partial charge in [0.25, 0.3) is 0 Å². The van der Waals surface area contributed by atoms with E-state index in [4.69, 9.17) is 4.74 Å². The highest BCUT2D eigenvalue weighted by atomic mass is 16.5. The topological polar surface area (TPSA) is 27.1 Å². The van der Waals surface area contributed by atoms with Crippen LogP contribution in [-0.4, -0.2) is 23.0 Å². The zero-order chi connectivity index (χ0) is 9.26. The van der Waals surface area contributed by atoms with Crippen LogP contribution < -0.4 is 0 Å². The first-order chi connectivity index (χ1) is 6.27. The van der Waals surface area contributed by atoms with Gasteiger partial charge in [-0.1, -0.05) is 13.8 Å². The van der Waals surface area contributed by atoms with Crippen molar-refractivity contribution in [3.05, 3.63) is 18.0 Å². The van der Waals surface area contributed by atoms with E-state index in [2.05, 4.69) is 29.7 Å². The fraction of sp³-hybridized carbons (Fsp3) is 0.700. The number of nitrogens with zero attached hydrogens (tertiary/aromatic N) is 2. The summed E-state index contributed by atoms with van der Waals surface area (Å²) in [7, 11) is 0. The van der Waals surface area contributed by atoms with E-state index in [1.165, 1.54) is 5.69 Å². The van der Waals surface area contributed by atoms with Crippen LogP contribution in [0.2, 0.25) is 0 Å². The molecular weight excluding hydrogens is 164 g/mol. The standard InChI is InChI=1S/C10H16N2O/c1-8(2)10-3-4-11-12(10)5-9-6-13-7-9/h3-4,8-9H,5-7H2,1-2H3. The highest BCUT2D eigenvalue weighted by molar-refractivity contribution is 5.05. The molecule has 13 heavy (non-hydrogen) atoms. The van der Waals surface area contributed by atoms with Crippen LogP contribution in [0.15, 0.2) is 12.3 Å². The maximum atomic E-state index is 5.14. The van der Waals surface area contributed by atoms with Crippen LogP contribution in [0.25, 0.3) is 0 Å². The minimum absolute atomic E-state index is 0.559. The summed E-state index contributed by atoms with van der Waals surface area (Å²) in [6.45, 7) is 7.21. The Morgan fingerprint density at radius 3 is 2.92 bits per heavy atom. The number of hydrogen-bond donors (Lipinski definition) is 0. The molecule has 2 heterocycles. The fourth-order valence-corrected chi connectivity index (χ4v) is 1.62.